The van der Waals surface area contributed by atoms with Crippen LogP contribution in [-0.4, -0.2) is 32.3 Å². The largest absolute Gasteiger partial charge is 0.493 e. The molecule has 2 rings (SSSR count). The molecule has 0 atom stereocenters. The molecule has 0 amide bonds. The van der Waals surface area contributed by atoms with E-state index in [9.17, 15) is 0 Å². The number of hydrogen-bond acceptors (Lipinski definition) is 4. The van der Waals surface area contributed by atoms with Gasteiger partial charge in [-0.1, -0.05) is 0 Å². The maximum atomic E-state index is 5.41. The van der Waals surface area contributed by atoms with E-state index in [1.54, 1.807) is 20.4 Å². The van der Waals surface area contributed by atoms with Crippen LogP contribution >= 0.6 is 0 Å². The van der Waals surface area contributed by atoms with Crippen molar-refractivity contribution in [3.8, 4) is 11.5 Å². The van der Waals surface area contributed by atoms with Crippen LogP contribution < -0.4 is 14.8 Å². The molecule has 0 unspecified atom stereocenters. The van der Waals surface area contributed by atoms with Crippen LogP contribution in [0.3, 0.4) is 0 Å². The summed E-state index contributed by atoms with van der Waals surface area (Å²) in [6.07, 6.45) is 4.01. The Morgan fingerprint density at radius 3 is 2.62 bits per heavy atom. The third-order valence-electron chi connectivity index (χ3n) is 3.05. The Labute approximate surface area is 96.0 Å². The molecule has 1 saturated heterocycles. The molecule has 88 valence electrons. The second-order valence-corrected chi connectivity index (χ2v) is 3.96. The molecular weight excluding hydrogens is 204 g/mol. The van der Waals surface area contributed by atoms with Crippen LogP contribution in [-0.2, 0) is 0 Å². The lowest BCUT2D eigenvalue weighted by Gasteiger charge is -2.24. The average molecular weight is 222 g/mol. The van der Waals surface area contributed by atoms with Crippen LogP contribution in [0.1, 0.15) is 24.5 Å². The third kappa shape index (κ3) is 2.11. The fourth-order valence-electron chi connectivity index (χ4n) is 2.20. The summed E-state index contributed by atoms with van der Waals surface area (Å²) >= 11 is 0. The monoisotopic (exact) mass is 222 g/mol. The molecule has 4 heteroatoms. The predicted octanol–water partition coefficient (Wildman–Crippen LogP) is 1.57. The van der Waals surface area contributed by atoms with Gasteiger partial charge in [0.2, 0.25) is 0 Å². The van der Waals surface area contributed by atoms with E-state index in [1.165, 1.54) is 0 Å². The molecule has 0 bridgehead atoms. The summed E-state index contributed by atoms with van der Waals surface area (Å²) in [5, 5.41) is 3.35. The first-order valence-electron chi connectivity index (χ1n) is 5.64. The van der Waals surface area contributed by atoms with Crippen LogP contribution in [0.25, 0.3) is 0 Å². The highest BCUT2D eigenvalue weighted by molar-refractivity contribution is 5.44. The van der Waals surface area contributed by atoms with Gasteiger partial charge in [0.05, 0.1) is 19.9 Å². The Bertz CT molecular complexity index is 349. The van der Waals surface area contributed by atoms with Crippen molar-refractivity contribution in [3.05, 3.63) is 18.0 Å². The summed E-state index contributed by atoms with van der Waals surface area (Å²) in [6, 6.07) is 1.84. The first-order valence-corrected chi connectivity index (χ1v) is 5.64. The molecule has 4 nitrogen and oxygen atoms in total. The molecule has 16 heavy (non-hydrogen) atoms. The molecule has 0 saturated carbocycles. The summed E-state index contributed by atoms with van der Waals surface area (Å²) in [5.74, 6) is 2.04. The molecule has 0 radical (unpaired) electrons. The Balaban J connectivity index is 2.30. The van der Waals surface area contributed by atoms with Crippen molar-refractivity contribution < 1.29 is 9.47 Å². The molecule has 1 aliphatic heterocycles. The van der Waals surface area contributed by atoms with Gasteiger partial charge < -0.3 is 14.8 Å². The number of methoxy groups -OCH3 is 2. The summed E-state index contributed by atoms with van der Waals surface area (Å²) in [4.78, 5) is 4.45. The Morgan fingerprint density at radius 2 is 2.00 bits per heavy atom. The van der Waals surface area contributed by atoms with Crippen molar-refractivity contribution in [2.24, 2.45) is 0 Å². The number of pyridine rings is 1. The average Bonchev–Trinajstić information content (AvgIpc) is 2.38. The maximum Gasteiger partial charge on any atom is 0.182 e. The van der Waals surface area contributed by atoms with E-state index in [1.807, 2.05) is 6.07 Å². The fraction of sp³-hybridized carbons (Fsp3) is 0.583. The van der Waals surface area contributed by atoms with Gasteiger partial charge in [0.1, 0.15) is 0 Å². The topological polar surface area (TPSA) is 43.4 Å². The van der Waals surface area contributed by atoms with Crippen LogP contribution in [0.5, 0.6) is 11.5 Å². The second-order valence-electron chi connectivity index (χ2n) is 3.96. The number of rotatable bonds is 3. The van der Waals surface area contributed by atoms with Crippen molar-refractivity contribution in [2.75, 3.05) is 27.3 Å². The Morgan fingerprint density at radius 1 is 1.25 bits per heavy atom. The van der Waals surface area contributed by atoms with Crippen LogP contribution in [0.15, 0.2) is 12.3 Å². The van der Waals surface area contributed by atoms with E-state index in [2.05, 4.69) is 10.3 Å². The zero-order chi connectivity index (χ0) is 11.4. The number of ether oxygens (including phenoxy) is 2. The molecule has 1 fully saturated rings. The van der Waals surface area contributed by atoms with Crippen molar-refractivity contribution >= 4 is 0 Å². The maximum absolute atomic E-state index is 5.41. The lowest BCUT2D eigenvalue weighted by molar-refractivity contribution is 0.340. The number of nitrogens with one attached hydrogen (secondary N) is 1. The van der Waals surface area contributed by atoms with E-state index >= 15 is 0 Å². The predicted molar refractivity (Wildman–Crippen MR) is 62.2 cm³/mol. The normalized spacial score (nSPS) is 17.1. The van der Waals surface area contributed by atoms with Crippen molar-refractivity contribution in [2.45, 2.75) is 18.8 Å². The molecule has 1 aromatic rings. The van der Waals surface area contributed by atoms with Crippen LogP contribution in [0.4, 0.5) is 0 Å². The van der Waals surface area contributed by atoms with E-state index < -0.39 is 0 Å². The first-order chi connectivity index (χ1) is 7.86. The summed E-state index contributed by atoms with van der Waals surface area (Å²) < 4.78 is 10.7. The smallest absolute Gasteiger partial charge is 0.182 e. The number of aromatic nitrogens is 1. The molecule has 0 aromatic carbocycles. The first kappa shape index (κ1) is 11.2. The van der Waals surface area contributed by atoms with Crippen molar-refractivity contribution in [1.29, 1.82) is 0 Å². The molecule has 1 N–H and O–H groups in total. The molecule has 1 aromatic heterocycles. The fourth-order valence-corrected chi connectivity index (χ4v) is 2.20. The van der Waals surface area contributed by atoms with Crippen molar-refractivity contribution in [3.63, 3.8) is 0 Å². The summed E-state index contributed by atoms with van der Waals surface area (Å²) in [7, 11) is 3.33. The SMILES string of the molecule is COc1ccnc(C2CCNCC2)c1OC. The van der Waals surface area contributed by atoms with E-state index in [0.29, 0.717) is 5.92 Å². The van der Waals surface area contributed by atoms with Gasteiger partial charge in [0.15, 0.2) is 11.5 Å². The second kappa shape index (κ2) is 5.16. The van der Waals surface area contributed by atoms with Gasteiger partial charge in [0, 0.05) is 18.2 Å². The van der Waals surface area contributed by atoms with E-state index in [-0.39, 0.29) is 0 Å². The van der Waals surface area contributed by atoms with Gasteiger partial charge in [-0.3, -0.25) is 4.98 Å². The minimum atomic E-state index is 0.478. The number of nitrogens with zero attached hydrogens (tertiary/aromatic N) is 1. The number of hydrogen-bond donors (Lipinski definition) is 1. The van der Waals surface area contributed by atoms with Crippen LogP contribution in [0, 0.1) is 0 Å². The Kier molecular flexibility index (Phi) is 3.62. The van der Waals surface area contributed by atoms with Gasteiger partial charge in [-0.25, -0.2) is 0 Å². The van der Waals surface area contributed by atoms with E-state index in [0.717, 1.165) is 43.1 Å². The quantitative estimate of drug-likeness (QED) is 0.843. The zero-order valence-electron chi connectivity index (χ0n) is 9.82. The van der Waals surface area contributed by atoms with Crippen molar-refractivity contribution in [1.82, 2.24) is 10.3 Å². The van der Waals surface area contributed by atoms with Gasteiger partial charge in [-0.05, 0) is 25.9 Å². The van der Waals surface area contributed by atoms with Gasteiger partial charge in [-0.15, -0.1) is 0 Å². The minimum absolute atomic E-state index is 0.478. The third-order valence-corrected chi connectivity index (χ3v) is 3.05. The lowest BCUT2D eigenvalue weighted by Crippen LogP contribution is -2.27. The highest BCUT2D eigenvalue weighted by Crippen LogP contribution is 2.36. The van der Waals surface area contributed by atoms with Gasteiger partial charge >= 0.3 is 0 Å². The molecule has 1 aliphatic rings. The standard InChI is InChI=1S/C12H18N2O2/c1-15-10-5-8-14-11(12(10)16-2)9-3-6-13-7-4-9/h5,8-9,13H,3-4,6-7H2,1-2H3. The number of piperidine rings is 1. The lowest BCUT2D eigenvalue weighted by atomic mass is 9.93. The highest BCUT2D eigenvalue weighted by atomic mass is 16.5. The van der Waals surface area contributed by atoms with Gasteiger partial charge in [0.25, 0.3) is 0 Å². The zero-order valence-corrected chi connectivity index (χ0v) is 9.82. The summed E-state index contributed by atoms with van der Waals surface area (Å²) in [6.45, 7) is 2.10. The Hall–Kier alpha value is -1.29. The highest BCUT2D eigenvalue weighted by Gasteiger charge is 2.22. The minimum Gasteiger partial charge on any atom is -0.493 e. The van der Waals surface area contributed by atoms with Gasteiger partial charge in [-0.2, -0.15) is 0 Å². The summed E-state index contributed by atoms with van der Waals surface area (Å²) in [5.41, 5.74) is 1.03. The molecule has 0 aliphatic carbocycles. The van der Waals surface area contributed by atoms with E-state index in [4.69, 9.17) is 9.47 Å². The molecule has 2 heterocycles. The van der Waals surface area contributed by atoms with Crippen LogP contribution in [0.2, 0.25) is 0 Å². The molecule has 0 spiro atoms. The molecular formula is C12H18N2O2.